The van der Waals surface area contributed by atoms with Gasteiger partial charge >= 0.3 is 11.7 Å². The van der Waals surface area contributed by atoms with E-state index in [0.29, 0.717) is 5.75 Å². The molecule has 0 atom stereocenters. The lowest BCUT2D eigenvalue weighted by atomic mass is 10.2. The smallest absolute Gasteiger partial charge is 0.337 e. The Morgan fingerprint density at radius 3 is 2.57 bits per heavy atom. The Balaban J connectivity index is 2.44. The molecule has 0 aliphatic carbocycles. The van der Waals surface area contributed by atoms with Gasteiger partial charge in [-0.05, 0) is 12.1 Å². The number of aromatic carboxylic acids is 1. The third-order valence-corrected chi connectivity index (χ3v) is 2.55. The molecule has 1 heterocycles. The molecule has 1 aromatic carbocycles. The summed E-state index contributed by atoms with van der Waals surface area (Å²) in [5.74, 6) is -1.02. The van der Waals surface area contributed by atoms with Crippen molar-refractivity contribution in [2.24, 2.45) is 0 Å². The molecule has 1 N–H and O–H groups in total. The Morgan fingerprint density at radius 1 is 1.33 bits per heavy atom. The van der Waals surface area contributed by atoms with E-state index in [1.807, 2.05) is 0 Å². The van der Waals surface area contributed by atoms with Crippen molar-refractivity contribution in [3.05, 3.63) is 52.2 Å². The molecule has 0 radical (unpaired) electrons. The van der Waals surface area contributed by atoms with Crippen molar-refractivity contribution in [2.45, 2.75) is 0 Å². The highest BCUT2D eigenvalue weighted by Crippen LogP contribution is 2.34. The molecular formula is C13H10N2O6. The van der Waals surface area contributed by atoms with E-state index in [1.54, 1.807) is 24.3 Å². The van der Waals surface area contributed by atoms with Gasteiger partial charge in [-0.2, -0.15) is 0 Å². The van der Waals surface area contributed by atoms with E-state index in [0.717, 1.165) is 12.3 Å². The minimum absolute atomic E-state index is 0.235. The van der Waals surface area contributed by atoms with Crippen LogP contribution in [0, 0.1) is 10.1 Å². The number of nitrogens with zero attached hydrogens (tertiary/aromatic N) is 2. The van der Waals surface area contributed by atoms with Crippen molar-refractivity contribution < 1.29 is 24.3 Å². The Hall–Kier alpha value is -3.16. The van der Waals surface area contributed by atoms with E-state index in [1.165, 1.54) is 7.11 Å². The molecule has 21 heavy (non-hydrogen) atoms. The van der Waals surface area contributed by atoms with Crippen molar-refractivity contribution in [3.8, 4) is 17.4 Å². The van der Waals surface area contributed by atoms with Crippen LogP contribution in [0.1, 0.15) is 10.4 Å². The summed E-state index contributed by atoms with van der Waals surface area (Å²) in [6, 6.07) is 7.43. The summed E-state index contributed by atoms with van der Waals surface area (Å²) in [5, 5.41) is 19.8. The fourth-order valence-corrected chi connectivity index (χ4v) is 1.57. The zero-order valence-corrected chi connectivity index (χ0v) is 10.8. The molecule has 0 aliphatic heterocycles. The van der Waals surface area contributed by atoms with Crippen LogP contribution in [0.5, 0.6) is 17.4 Å². The number of pyridine rings is 1. The van der Waals surface area contributed by atoms with Crippen LogP contribution >= 0.6 is 0 Å². The van der Waals surface area contributed by atoms with Gasteiger partial charge in [0, 0.05) is 12.3 Å². The van der Waals surface area contributed by atoms with Gasteiger partial charge in [-0.15, -0.1) is 0 Å². The fraction of sp³-hybridized carbons (Fsp3) is 0.0769. The van der Waals surface area contributed by atoms with Crippen LogP contribution in [-0.2, 0) is 0 Å². The molecular weight excluding hydrogens is 280 g/mol. The number of nitro groups is 1. The summed E-state index contributed by atoms with van der Waals surface area (Å²) in [4.78, 5) is 24.8. The lowest BCUT2D eigenvalue weighted by molar-refractivity contribution is -0.386. The van der Waals surface area contributed by atoms with Gasteiger partial charge in [-0.1, -0.05) is 12.1 Å². The molecule has 0 unspecified atom stereocenters. The second-order valence-electron chi connectivity index (χ2n) is 3.86. The molecule has 0 spiro atoms. The average Bonchev–Trinajstić information content (AvgIpc) is 2.47. The molecule has 2 aromatic rings. The first-order valence-corrected chi connectivity index (χ1v) is 5.71. The van der Waals surface area contributed by atoms with Crippen LogP contribution < -0.4 is 9.47 Å². The van der Waals surface area contributed by atoms with E-state index in [2.05, 4.69) is 4.98 Å². The number of hydrogen-bond donors (Lipinski definition) is 1. The zero-order valence-electron chi connectivity index (χ0n) is 10.8. The predicted octanol–water partition coefficient (Wildman–Crippen LogP) is 2.49. The molecule has 0 aliphatic rings. The van der Waals surface area contributed by atoms with Crippen LogP contribution in [0.15, 0.2) is 36.5 Å². The van der Waals surface area contributed by atoms with Gasteiger partial charge in [0.1, 0.15) is 0 Å². The minimum atomic E-state index is -1.31. The summed E-state index contributed by atoms with van der Waals surface area (Å²) >= 11 is 0. The maximum atomic E-state index is 11.0. The van der Waals surface area contributed by atoms with E-state index >= 15 is 0 Å². The second-order valence-corrected chi connectivity index (χ2v) is 3.86. The molecule has 2 rings (SSSR count). The van der Waals surface area contributed by atoms with E-state index in [-0.39, 0.29) is 17.2 Å². The molecule has 8 nitrogen and oxygen atoms in total. The standard InChI is InChI=1S/C13H10N2O6/c1-20-10-4-2-3-5-11(10)21-12-9(15(18)19)6-8(7-14-12)13(16)17/h2-7H,1H3,(H,16,17). The maximum absolute atomic E-state index is 11.0. The third-order valence-electron chi connectivity index (χ3n) is 2.55. The monoisotopic (exact) mass is 290 g/mol. The molecule has 0 bridgehead atoms. The summed E-state index contributed by atoms with van der Waals surface area (Å²) in [6.07, 6.45) is 0.986. The number of carbonyl (C=O) groups is 1. The fourth-order valence-electron chi connectivity index (χ4n) is 1.57. The topological polar surface area (TPSA) is 112 Å². The number of hydrogen-bond acceptors (Lipinski definition) is 6. The average molecular weight is 290 g/mol. The quantitative estimate of drug-likeness (QED) is 0.664. The Bertz CT molecular complexity index is 701. The third kappa shape index (κ3) is 3.06. The van der Waals surface area contributed by atoms with Crippen molar-refractivity contribution in [1.82, 2.24) is 4.98 Å². The van der Waals surface area contributed by atoms with Crippen LogP contribution in [0.25, 0.3) is 0 Å². The Labute approximate surface area is 118 Å². The SMILES string of the molecule is COc1ccccc1Oc1ncc(C(=O)O)cc1[N+](=O)[O-]. The number of benzene rings is 1. The van der Waals surface area contributed by atoms with Gasteiger partial charge in [0.2, 0.25) is 0 Å². The number of aromatic nitrogens is 1. The largest absolute Gasteiger partial charge is 0.493 e. The van der Waals surface area contributed by atoms with Crippen LogP contribution in [-0.4, -0.2) is 28.1 Å². The van der Waals surface area contributed by atoms with E-state index in [4.69, 9.17) is 14.6 Å². The summed E-state index contributed by atoms with van der Waals surface area (Å²) in [6.45, 7) is 0. The summed E-state index contributed by atoms with van der Waals surface area (Å²) < 4.78 is 10.4. The molecule has 0 saturated carbocycles. The first kappa shape index (κ1) is 14.3. The number of carboxylic acids is 1. The number of para-hydroxylation sites is 2. The molecule has 0 saturated heterocycles. The molecule has 8 heteroatoms. The minimum Gasteiger partial charge on any atom is -0.493 e. The lowest BCUT2D eigenvalue weighted by Crippen LogP contribution is -2.02. The van der Waals surface area contributed by atoms with Gasteiger partial charge in [0.25, 0.3) is 5.88 Å². The van der Waals surface area contributed by atoms with Crippen molar-refractivity contribution >= 4 is 11.7 Å². The highest BCUT2D eigenvalue weighted by molar-refractivity contribution is 5.88. The Morgan fingerprint density at radius 2 is 2.00 bits per heavy atom. The highest BCUT2D eigenvalue weighted by Gasteiger charge is 2.21. The number of ether oxygens (including phenoxy) is 2. The van der Waals surface area contributed by atoms with Crippen molar-refractivity contribution in [2.75, 3.05) is 7.11 Å². The maximum Gasteiger partial charge on any atom is 0.337 e. The van der Waals surface area contributed by atoms with Gasteiger partial charge in [-0.3, -0.25) is 10.1 Å². The lowest BCUT2D eigenvalue weighted by Gasteiger charge is -2.09. The first-order chi connectivity index (χ1) is 10.0. The zero-order chi connectivity index (χ0) is 15.4. The van der Waals surface area contributed by atoms with E-state index < -0.39 is 16.6 Å². The summed E-state index contributed by atoms with van der Waals surface area (Å²) in [7, 11) is 1.43. The van der Waals surface area contributed by atoms with Crippen LogP contribution in [0.3, 0.4) is 0 Å². The highest BCUT2D eigenvalue weighted by atomic mass is 16.6. The molecule has 0 fully saturated rings. The molecule has 108 valence electrons. The molecule has 1 aromatic heterocycles. The van der Waals surface area contributed by atoms with Crippen molar-refractivity contribution in [3.63, 3.8) is 0 Å². The predicted molar refractivity (Wildman–Crippen MR) is 70.9 cm³/mol. The number of carboxylic acid groups (broad SMARTS) is 1. The first-order valence-electron chi connectivity index (χ1n) is 5.71. The normalized spacial score (nSPS) is 9.95. The summed E-state index contributed by atoms with van der Waals surface area (Å²) in [5.41, 5.74) is -0.838. The van der Waals surface area contributed by atoms with Crippen LogP contribution in [0.4, 0.5) is 5.69 Å². The second kappa shape index (κ2) is 5.87. The van der Waals surface area contributed by atoms with Gasteiger partial charge in [-0.25, -0.2) is 9.78 Å². The number of methoxy groups -OCH3 is 1. The molecule has 0 amide bonds. The van der Waals surface area contributed by atoms with Gasteiger partial charge in [0.05, 0.1) is 17.6 Å². The number of rotatable bonds is 5. The van der Waals surface area contributed by atoms with E-state index in [9.17, 15) is 14.9 Å². The Kier molecular flexibility index (Phi) is 3.98. The van der Waals surface area contributed by atoms with Crippen LogP contribution in [0.2, 0.25) is 0 Å². The van der Waals surface area contributed by atoms with Gasteiger partial charge in [0.15, 0.2) is 11.5 Å². The van der Waals surface area contributed by atoms with Crippen molar-refractivity contribution in [1.29, 1.82) is 0 Å². The van der Waals surface area contributed by atoms with Gasteiger partial charge < -0.3 is 14.6 Å².